The maximum Gasteiger partial charge on any atom is 0.417 e. The lowest BCUT2D eigenvalue weighted by molar-refractivity contribution is -0.137. The summed E-state index contributed by atoms with van der Waals surface area (Å²) in [6.07, 6.45) is -4.62. The molecule has 2 aromatic carbocycles. The number of hydrogen-bond acceptors (Lipinski definition) is 2. The highest BCUT2D eigenvalue weighted by molar-refractivity contribution is 5.97. The Morgan fingerprint density at radius 3 is 2.23 bits per heavy atom. The molecule has 0 radical (unpaired) electrons. The normalized spacial score (nSPS) is 10.5. The van der Waals surface area contributed by atoms with Gasteiger partial charge in [-0.2, -0.15) is 13.2 Å². The number of hydrogen-bond donors (Lipinski definition) is 2. The molecule has 0 aliphatic heterocycles. The Kier molecular flexibility index (Phi) is 6.02. The second kappa shape index (κ2) is 8.21. The largest absolute Gasteiger partial charge is 0.417 e. The minimum atomic E-state index is -4.62. The molecule has 0 bridgehead atoms. The van der Waals surface area contributed by atoms with Crippen LogP contribution in [0.3, 0.4) is 0 Å². The first-order valence-corrected chi connectivity index (χ1v) is 7.59. The van der Waals surface area contributed by atoms with Crippen LogP contribution in [0, 0.1) is 11.8 Å². The molecule has 2 aromatic rings. The molecule has 26 heavy (non-hydrogen) atoms. The van der Waals surface area contributed by atoms with Gasteiger partial charge in [-0.25, -0.2) is 0 Å². The van der Waals surface area contributed by atoms with Gasteiger partial charge >= 0.3 is 6.18 Å². The summed E-state index contributed by atoms with van der Waals surface area (Å²) >= 11 is 0. The quantitative estimate of drug-likeness (QED) is 0.827. The topological polar surface area (TPSA) is 58.2 Å². The number of halogens is 3. The Balaban J connectivity index is 2.10. The Hall–Kier alpha value is -3.27. The van der Waals surface area contributed by atoms with Gasteiger partial charge in [0.25, 0.3) is 11.8 Å². The molecule has 7 heteroatoms. The fraction of sp³-hybridized carbons (Fsp3) is 0.158. The van der Waals surface area contributed by atoms with Crippen molar-refractivity contribution < 1.29 is 22.8 Å². The molecule has 0 fully saturated rings. The van der Waals surface area contributed by atoms with E-state index in [1.807, 2.05) is 0 Å². The number of carbonyl (C=O) groups excluding carboxylic acids is 2. The molecule has 0 heterocycles. The molecule has 0 aliphatic carbocycles. The molecule has 0 saturated heterocycles. The minimum Gasteiger partial charge on any atom is -0.355 e. The van der Waals surface area contributed by atoms with Gasteiger partial charge in [0.1, 0.15) is 0 Å². The van der Waals surface area contributed by atoms with E-state index in [4.69, 9.17) is 0 Å². The lowest BCUT2D eigenvalue weighted by atomic mass is 10.1. The predicted molar refractivity (Wildman–Crippen MR) is 90.5 cm³/mol. The highest BCUT2D eigenvalue weighted by Gasteiger charge is 2.34. The van der Waals surface area contributed by atoms with Gasteiger partial charge in [0, 0.05) is 12.6 Å². The van der Waals surface area contributed by atoms with Crippen molar-refractivity contribution in [3.05, 3.63) is 70.8 Å². The number of benzene rings is 2. The number of carbonyl (C=O) groups is 2. The molecule has 2 rings (SSSR count). The minimum absolute atomic E-state index is 0.160. The van der Waals surface area contributed by atoms with E-state index in [0.29, 0.717) is 11.1 Å². The monoisotopic (exact) mass is 360 g/mol. The highest BCUT2D eigenvalue weighted by atomic mass is 19.4. The Labute approximate surface area is 148 Å². The summed E-state index contributed by atoms with van der Waals surface area (Å²) in [5.41, 5.74) is -0.643. The van der Waals surface area contributed by atoms with E-state index in [2.05, 4.69) is 22.5 Å². The summed E-state index contributed by atoms with van der Waals surface area (Å²) in [5, 5.41) is 4.82. The first-order valence-electron chi connectivity index (χ1n) is 7.59. The van der Waals surface area contributed by atoms with Crippen LogP contribution in [0.2, 0.25) is 0 Å². The van der Waals surface area contributed by atoms with Gasteiger partial charge in [-0.1, -0.05) is 36.1 Å². The van der Waals surface area contributed by atoms with Crippen molar-refractivity contribution in [2.24, 2.45) is 0 Å². The van der Waals surface area contributed by atoms with E-state index in [1.165, 1.54) is 19.2 Å². The van der Waals surface area contributed by atoms with Crippen LogP contribution in [0.15, 0.2) is 48.5 Å². The van der Waals surface area contributed by atoms with E-state index in [0.717, 1.165) is 12.1 Å². The molecule has 2 N–H and O–H groups in total. The molecule has 134 valence electrons. The van der Waals surface area contributed by atoms with Crippen LogP contribution in [-0.2, 0) is 6.18 Å². The summed E-state index contributed by atoms with van der Waals surface area (Å²) < 4.78 is 38.8. The zero-order valence-corrected chi connectivity index (χ0v) is 13.8. The fourth-order valence-corrected chi connectivity index (χ4v) is 2.21. The number of alkyl halides is 3. The summed E-state index contributed by atoms with van der Waals surface area (Å²) in [6, 6.07) is 11.1. The average molecular weight is 360 g/mol. The standard InChI is InChI=1S/C19H15F3N2O2/c1-23-17(25)14-9-3-2-7-13(14)8-6-12-24-18(26)15-10-4-5-11-16(15)19(20,21)22/h2-5,7,9-11H,12H2,1H3,(H,23,25)(H,24,26). The van der Waals surface area contributed by atoms with Gasteiger partial charge in [-0.15, -0.1) is 0 Å². The van der Waals surface area contributed by atoms with Crippen LogP contribution in [0.25, 0.3) is 0 Å². The summed E-state index contributed by atoms with van der Waals surface area (Å²) in [5.74, 6) is 4.19. The van der Waals surface area contributed by atoms with Crippen LogP contribution in [0.5, 0.6) is 0 Å². The fourth-order valence-electron chi connectivity index (χ4n) is 2.21. The second-order valence-corrected chi connectivity index (χ2v) is 5.15. The van der Waals surface area contributed by atoms with E-state index < -0.39 is 23.2 Å². The smallest absolute Gasteiger partial charge is 0.355 e. The lowest BCUT2D eigenvalue weighted by Gasteiger charge is -2.11. The third kappa shape index (κ3) is 4.63. The van der Waals surface area contributed by atoms with Gasteiger partial charge in [-0.3, -0.25) is 9.59 Å². The second-order valence-electron chi connectivity index (χ2n) is 5.15. The van der Waals surface area contributed by atoms with Crippen molar-refractivity contribution in [1.82, 2.24) is 10.6 Å². The molecular weight excluding hydrogens is 345 g/mol. The summed E-state index contributed by atoms with van der Waals surface area (Å²) in [4.78, 5) is 23.7. The van der Waals surface area contributed by atoms with Gasteiger partial charge in [-0.05, 0) is 24.3 Å². The highest BCUT2D eigenvalue weighted by Crippen LogP contribution is 2.31. The summed E-state index contributed by atoms with van der Waals surface area (Å²) in [6.45, 7) is -0.160. The van der Waals surface area contributed by atoms with Crippen LogP contribution in [-0.4, -0.2) is 25.4 Å². The zero-order valence-electron chi connectivity index (χ0n) is 13.8. The van der Waals surface area contributed by atoms with Crippen molar-refractivity contribution in [2.75, 3.05) is 13.6 Å². The molecule has 0 unspecified atom stereocenters. The average Bonchev–Trinajstić information content (AvgIpc) is 2.64. The first-order chi connectivity index (χ1) is 12.3. The Morgan fingerprint density at radius 1 is 0.962 bits per heavy atom. The van der Waals surface area contributed by atoms with Gasteiger partial charge in [0.2, 0.25) is 0 Å². The number of rotatable bonds is 3. The van der Waals surface area contributed by atoms with Gasteiger partial charge < -0.3 is 10.6 Å². The van der Waals surface area contributed by atoms with Crippen LogP contribution >= 0.6 is 0 Å². The molecular formula is C19H15F3N2O2. The molecule has 0 aliphatic rings. The van der Waals surface area contributed by atoms with Crippen molar-refractivity contribution in [3.8, 4) is 11.8 Å². The van der Waals surface area contributed by atoms with Crippen molar-refractivity contribution in [1.29, 1.82) is 0 Å². The lowest BCUT2D eigenvalue weighted by Crippen LogP contribution is -2.26. The van der Waals surface area contributed by atoms with E-state index in [-0.39, 0.29) is 12.5 Å². The van der Waals surface area contributed by atoms with E-state index in [9.17, 15) is 22.8 Å². The Bertz CT molecular complexity index is 880. The molecule has 0 spiro atoms. The van der Waals surface area contributed by atoms with Crippen LogP contribution in [0.4, 0.5) is 13.2 Å². The molecule has 4 nitrogen and oxygen atoms in total. The first kappa shape index (κ1) is 19.1. The van der Waals surface area contributed by atoms with Gasteiger partial charge in [0.15, 0.2) is 0 Å². The maximum atomic E-state index is 12.9. The maximum absolute atomic E-state index is 12.9. The molecule has 0 atom stereocenters. The third-order valence-electron chi connectivity index (χ3n) is 3.44. The van der Waals surface area contributed by atoms with Crippen molar-refractivity contribution in [2.45, 2.75) is 6.18 Å². The zero-order chi connectivity index (χ0) is 19.2. The predicted octanol–water partition coefficient (Wildman–Crippen LogP) is 2.85. The van der Waals surface area contributed by atoms with Crippen molar-refractivity contribution in [3.63, 3.8) is 0 Å². The number of amides is 2. The summed E-state index contributed by atoms with van der Waals surface area (Å²) in [7, 11) is 1.49. The van der Waals surface area contributed by atoms with Crippen LogP contribution in [0.1, 0.15) is 31.8 Å². The molecule has 0 aromatic heterocycles. The van der Waals surface area contributed by atoms with Gasteiger partial charge in [0.05, 0.1) is 23.2 Å². The molecule has 2 amide bonds. The van der Waals surface area contributed by atoms with Crippen molar-refractivity contribution >= 4 is 11.8 Å². The number of nitrogens with one attached hydrogen (secondary N) is 2. The SMILES string of the molecule is CNC(=O)c1ccccc1C#CCNC(=O)c1ccccc1C(F)(F)F. The molecule has 0 saturated carbocycles. The van der Waals surface area contributed by atoms with E-state index in [1.54, 1.807) is 24.3 Å². The Morgan fingerprint density at radius 2 is 1.58 bits per heavy atom. The third-order valence-corrected chi connectivity index (χ3v) is 3.44. The van der Waals surface area contributed by atoms with E-state index >= 15 is 0 Å². The van der Waals surface area contributed by atoms with Crippen LogP contribution < -0.4 is 10.6 Å².